The molecule has 1 aliphatic heterocycles. The molecule has 1 fully saturated rings. The van der Waals surface area contributed by atoms with Crippen LogP contribution >= 0.6 is 0 Å². The summed E-state index contributed by atoms with van der Waals surface area (Å²) in [5.74, 6) is -2.67. The van der Waals surface area contributed by atoms with Crippen LogP contribution in [0.25, 0.3) is 0 Å². The number of hydrogen-bond acceptors (Lipinski definition) is 7. The molecule has 1 aromatic rings. The first-order valence-electron chi connectivity index (χ1n) is 13.0. The van der Waals surface area contributed by atoms with Crippen LogP contribution in [0.2, 0.25) is 0 Å². The summed E-state index contributed by atoms with van der Waals surface area (Å²) in [6, 6.07) is 2.65. The van der Waals surface area contributed by atoms with Crippen molar-refractivity contribution >= 4 is 23.7 Å². The molecule has 0 spiro atoms. The number of phenolic OH excluding ortho intramolecular Hbond substituents is 1. The van der Waals surface area contributed by atoms with Crippen LogP contribution in [0.15, 0.2) is 24.3 Å². The number of phenols is 1. The first-order chi connectivity index (χ1) is 17.6. The Morgan fingerprint density at radius 1 is 1.11 bits per heavy atom. The molecule has 5 unspecified atom stereocenters. The number of carboxylic acids is 1. The Hall–Kier alpha value is -3.18. The van der Waals surface area contributed by atoms with Crippen LogP contribution in [-0.2, 0) is 25.6 Å². The van der Waals surface area contributed by atoms with Crippen LogP contribution in [0.3, 0.4) is 0 Å². The molecule has 2 rings (SSSR count). The lowest BCUT2D eigenvalue weighted by Gasteiger charge is -2.31. The molecule has 1 saturated heterocycles. The number of aliphatic carboxylic acids is 1. The van der Waals surface area contributed by atoms with E-state index in [2.05, 4.69) is 10.6 Å². The highest BCUT2D eigenvalue weighted by atomic mass is 16.4. The number of likely N-dealkylation sites (tertiary alicyclic amines) is 1. The first-order valence-corrected chi connectivity index (χ1v) is 13.0. The predicted octanol–water partition coefficient (Wildman–Crippen LogP) is 0.482. The summed E-state index contributed by atoms with van der Waals surface area (Å²) in [4.78, 5) is 52.5. The SMILES string of the molecule is CCC(C)C(NC(=O)C(CCCCN)NC(=O)C(N)Cc1ccc(O)cc1)C(=O)N1CCCC1C(=O)O. The fourth-order valence-electron chi connectivity index (χ4n) is 4.42. The lowest BCUT2D eigenvalue weighted by Crippen LogP contribution is -2.58. The molecule has 0 bridgehead atoms. The van der Waals surface area contributed by atoms with Gasteiger partial charge < -0.3 is 37.2 Å². The number of nitrogens with one attached hydrogen (secondary N) is 2. The Balaban J connectivity index is 2.14. The normalized spacial score (nSPS) is 18.5. The van der Waals surface area contributed by atoms with E-state index in [9.17, 15) is 29.4 Å². The van der Waals surface area contributed by atoms with Gasteiger partial charge in [0.05, 0.1) is 6.04 Å². The van der Waals surface area contributed by atoms with Crippen molar-refractivity contribution in [3.8, 4) is 5.75 Å². The van der Waals surface area contributed by atoms with E-state index in [0.717, 1.165) is 5.56 Å². The van der Waals surface area contributed by atoms with Gasteiger partial charge in [-0.1, -0.05) is 32.4 Å². The van der Waals surface area contributed by atoms with Crippen molar-refractivity contribution in [3.05, 3.63) is 29.8 Å². The largest absolute Gasteiger partial charge is 0.508 e. The van der Waals surface area contributed by atoms with Crippen molar-refractivity contribution in [2.75, 3.05) is 13.1 Å². The molecule has 11 nitrogen and oxygen atoms in total. The standard InChI is InChI=1S/C26H41N5O6/c1-3-16(2)22(25(35)31-14-6-8-21(31)26(36)37)30-24(34)20(7-4-5-13-27)29-23(33)19(28)15-17-9-11-18(32)12-10-17/h9-12,16,19-22,32H,3-8,13-15,27-28H2,1-2H3,(H,29,33)(H,30,34)(H,36,37). The molecular formula is C26H41N5O6. The molecule has 0 aliphatic carbocycles. The Kier molecular flexibility index (Phi) is 11.8. The molecule has 206 valence electrons. The second kappa shape index (κ2) is 14.5. The summed E-state index contributed by atoms with van der Waals surface area (Å²) in [7, 11) is 0. The molecule has 0 saturated carbocycles. The molecule has 8 N–H and O–H groups in total. The number of nitrogens with zero attached hydrogens (tertiary/aromatic N) is 1. The van der Waals surface area contributed by atoms with Crippen LogP contribution in [0.4, 0.5) is 0 Å². The number of unbranched alkanes of at least 4 members (excludes halogenated alkanes) is 1. The minimum absolute atomic E-state index is 0.104. The van der Waals surface area contributed by atoms with Gasteiger partial charge in [-0.3, -0.25) is 14.4 Å². The lowest BCUT2D eigenvalue weighted by atomic mass is 9.96. The van der Waals surface area contributed by atoms with Crippen LogP contribution in [0.5, 0.6) is 5.75 Å². The Morgan fingerprint density at radius 3 is 2.38 bits per heavy atom. The summed E-state index contributed by atoms with van der Waals surface area (Å²) >= 11 is 0. The quantitative estimate of drug-likeness (QED) is 0.191. The fourth-order valence-corrected chi connectivity index (χ4v) is 4.42. The number of hydrogen-bond donors (Lipinski definition) is 6. The van der Waals surface area contributed by atoms with Crippen molar-refractivity contribution in [3.63, 3.8) is 0 Å². The summed E-state index contributed by atoms with van der Waals surface area (Å²) in [6.45, 7) is 4.46. The van der Waals surface area contributed by atoms with Crippen LogP contribution < -0.4 is 22.1 Å². The van der Waals surface area contributed by atoms with Gasteiger partial charge in [0.25, 0.3) is 0 Å². The molecular weight excluding hydrogens is 478 g/mol. The maximum absolute atomic E-state index is 13.3. The number of aromatic hydroxyl groups is 1. The van der Waals surface area contributed by atoms with Gasteiger partial charge in [-0.25, -0.2) is 4.79 Å². The third kappa shape index (κ3) is 8.71. The summed E-state index contributed by atoms with van der Waals surface area (Å²) < 4.78 is 0. The van der Waals surface area contributed by atoms with E-state index < -0.39 is 47.9 Å². The number of benzene rings is 1. The second-order valence-electron chi connectivity index (χ2n) is 9.72. The van der Waals surface area contributed by atoms with Gasteiger partial charge in [0, 0.05) is 6.54 Å². The van der Waals surface area contributed by atoms with Gasteiger partial charge in [-0.05, 0) is 68.7 Å². The van der Waals surface area contributed by atoms with E-state index in [1.807, 2.05) is 13.8 Å². The van der Waals surface area contributed by atoms with E-state index in [-0.39, 0.29) is 18.1 Å². The van der Waals surface area contributed by atoms with Gasteiger partial charge in [-0.15, -0.1) is 0 Å². The number of carbonyl (C=O) groups excluding carboxylic acids is 3. The van der Waals surface area contributed by atoms with Gasteiger partial charge in [0.1, 0.15) is 23.9 Å². The number of amides is 3. The number of nitrogens with two attached hydrogens (primary N) is 2. The zero-order valence-corrected chi connectivity index (χ0v) is 21.7. The van der Waals surface area contributed by atoms with Crippen molar-refractivity contribution < 1.29 is 29.4 Å². The molecule has 1 heterocycles. The average Bonchev–Trinajstić information content (AvgIpc) is 3.37. The Morgan fingerprint density at radius 2 is 1.78 bits per heavy atom. The predicted molar refractivity (Wildman–Crippen MR) is 138 cm³/mol. The van der Waals surface area contributed by atoms with Crippen molar-refractivity contribution in [2.24, 2.45) is 17.4 Å². The molecule has 1 aromatic carbocycles. The van der Waals surface area contributed by atoms with E-state index >= 15 is 0 Å². The zero-order valence-electron chi connectivity index (χ0n) is 21.7. The maximum Gasteiger partial charge on any atom is 0.326 e. The highest BCUT2D eigenvalue weighted by molar-refractivity contribution is 5.94. The molecule has 1 aliphatic rings. The van der Waals surface area contributed by atoms with Gasteiger partial charge in [-0.2, -0.15) is 0 Å². The van der Waals surface area contributed by atoms with Gasteiger partial charge >= 0.3 is 5.97 Å². The fraction of sp³-hybridized carbons (Fsp3) is 0.615. The highest BCUT2D eigenvalue weighted by Crippen LogP contribution is 2.21. The Labute approximate surface area is 217 Å². The van der Waals surface area contributed by atoms with Crippen molar-refractivity contribution in [2.45, 2.75) is 83.0 Å². The molecule has 11 heteroatoms. The van der Waals surface area contributed by atoms with Gasteiger partial charge in [0.15, 0.2) is 0 Å². The molecule has 0 radical (unpaired) electrons. The molecule has 3 amide bonds. The molecule has 37 heavy (non-hydrogen) atoms. The van der Waals surface area contributed by atoms with Crippen LogP contribution in [0.1, 0.15) is 57.9 Å². The monoisotopic (exact) mass is 519 g/mol. The summed E-state index contributed by atoms with van der Waals surface area (Å²) in [6.07, 6.45) is 3.30. The Bertz CT molecular complexity index is 925. The minimum Gasteiger partial charge on any atom is -0.508 e. The summed E-state index contributed by atoms with van der Waals surface area (Å²) in [5.41, 5.74) is 12.4. The number of carboxylic acid groups (broad SMARTS) is 1. The third-order valence-corrected chi connectivity index (χ3v) is 6.91. The zero-order chi connectivity index (χ0) is 27.5. The van der Waals surface area contributed by atoms with Crippen LogP contribution in [-0.4, -0.2) is 76.1 Å². The lowest BCUT2D eigenvalue weighted by molar-refractivity contribution is -0.150. The molecule has 5 atom stereocenters. The van der Waals surface area contributed by atoms with Gasteiger partial charge in [0.2, 0.25) is 17.7 Å². The minimum atomic E-state index is -1.06. The smallest absolute Gasteiger partial charge is 0.326 e. The average molecular weight is 520 g/mol. The van der Waals surface area contributed by atoms with Crippen LogP contribution in [0, 0.1) is 5.92 Å². The third-order valence-electron chi connectivity index (χ3n) is 6.91. The molecule has 0 aromatic heterocycles. The van der Waals surface area contributed by atoms with E-state index in [1.165, 1.54) is 17.0 Å². The number of rotatable bonds is 14. The number of carbonyl (C=O) groups is 4. The van der Waals surface area contributed by atoms with E-state index in [1.54, 1.807) is 12.1 Å². The van der Waals surface area contributed by atoms with E-state index in [4.69, 9.17) is 11.5 Å². The second-order valence-corrected chi connectivity index (χ2v) is 9.72. The van der Waals surface area contributed by atoms with Crippen molar-refractivity contribution in [1.82, 2.24) is 15.5 Å². The van der Waals surface area contributed by atoms with Crippen molar-refractivity contribution in [1.29, 1.82) is 0 Å². The topological polar surface area (TPSA) is 188 Å². The summed E-state index contributed by atoms with van der Waals surface area (Å²) in [5, 5.41) is 24.5. The van der Waals surface area contributed by atoms with E-state index in [0.29, 0.717) is 51.6 Å². The first kappa shape index (κ1) is 30.0. The highest BCUT2D eigenvalue weighted by Gasteiger charge is 2.39. The maximum atomic E-state index is 13.3.